The Labute approximate surface area is 105 Å². The van der Waals surface area contributed by atoms with Crippen LogP contribution in [0.15, 0.2) is 24.3 Å². The van der Waals surface area contributed by atoms with Gasteiger partial charge >= 0.3 is 0 Å². The Balaban J connectivity index is 2.46. The van der Waals surface area contributed by atoms with Crippen molar-refractivity contribution < 1.29 is 5.11 Å². The van der Waals surface area contributed by atoms with Crippen LogP contribution in [0.2, 0.25) is 0 Å². The molecule has 1 rings (SSSR count). The molecule has 0 aliphatic rings. The van der Waals surface area contributed by atoms with Gasteiger partial charge in [-0.15, -0.1) is 0 Å². The van der Waals surface area contributed by atoms with Gasteiger partial charge < -0.3 is 10.4 Å². The smallest absolute Gasteiger partial charge is 0.0587 e. The highest BCUT2D eigenvalue weighted by atomic mass is 16.3. The van der Waals surface area contributed by atoms with E-state index in [1.165, 1.54) is 17.5 Å². The second kappa shape index (κ2) is 7.46. The first-order valence-electron chi connectivity index (χ1n) is 6.59. The number of benzene rings is 1. The third-order valence-electron chi connectivity index (χ3n) is 3.13. The molecule has 1 aromatic carbocycles. The van der Waals surface area contributed by atoms with Gasteiger partial charge in [0.05, 0.1) is 6.61 Å². The Morgan fingerprint density at radius 1 is 1.12 bits per heavy atom. The van der Waals surface area contributed by atoms with E-state index in [1.807, 2.05) is 0 Å². The SMILES string of the molecule is CCCc1ccc(CNC(CO)C(C)C)cc1. The average Bonchev–Trinajstić information content (AvgIpc) is 2.32. The molecule has 17 heavy (non-hydrogen) atoms. The molecule has 0 saturated carbocycles. The van der Waals surface area contributed by atoms with Crippen molar-refractivity contribution in [3.8, 4) is 0 Å². The van der Waals surface area contributed by atoms with Crippen LogP contribution in [0, 0.1) is 5.92 Å². The lowest BCUT2D eigenvalue weighted by Gasteiger charge is -2.20. The van der Waals surface area contributed by atoms with Gasteiger partial charge in [0.15, 0.2) is 0 Å². The van der Waals surface area contributed by atoms with Crippen molar-refractivity contribution in [1.82, 2.24) is 5.32 Å². The number of rotatable bonds is 7. The summed E-state index contributed by atoms with van der Waals surface area (Å²) < 4.78 is 0. The van der Waals surface area contributed by atoms with Crippen molar-refractivity contribution >= 4 is 0 Å². The van der Waals surface area contributed by atoms with E-state index in [2.05, 4.69) is 50.4 Å². The van der Waals surface area contributed by atoms with Gasteiger partial charge in [0.2, 0.25) is 0 Å². The number of hydrogen-bond donors (Lipinski definition) is 2. The van der Waals surface area contributed by atoms with Crippen LogP contribution in [0.3, 0.4) is 0 Å². The highest BCUT2D eigenvalue weighted by Crippen LogP contribution is 2.08. The molecule has 0 aromatic heterocycles. The minimum Gasteiger partial charge on any atom is -0.395 e. The Bertz CT molecular complexity index is 305. The van der Waals surface area contributed by atoms with E-state index in [0.29, 0.717) is 5.92 Å². The van der Waals surface area contributed by atoms with Crippen molar-refractivity contribution in [1.29, 1.82) is 0 Å². The Hall–Kier alpha value is -0.860. The summed E-state index contributed by atoms with van der Waals surface area (Å²) in [6, 6.07) is 8.93. The summed E-state index contributed by atoms with van der Waals surface area (Å²) in [5.74, 6) is 0.458. The normalized spacial score (nSPS) is 13.0. The maximum Gasteiger partial charge on any atom is 0.0587 e. The highest BCUT2D eigenvalue weighted by Gasteiger charge is 2.10. The molecule has 96 valence electrons. The molecule has 0 amide bonds. The maximum atomic E-state index is 9.23. The predicted octanol–water partition coefficient (Wildman–Crippen LogP) is 2.75. The first-order chi connectivity index (χ1) is 8.17. The minimum atomic E-state index is 0.185. The summed E-state index contributed by atoms with van der Waals surface area (Å²) >= 11 is 0. The van der Waals surface area contributed by atoms with Gasteiger partial charge in [-0.05, 0) is 23.5 Å². The monoisotopic (exact) mass is 235 g/mol. The summed E-state index contributed by atoms with van der Waals surface area (Å²) in [5.41, 5.74) is 2.68. The van der Waals surface area contributed by atoms with Crippen molar-refractivity contribution in [3.63, 3.8) is 0 Å². The van der Waals surface area contributed by atoms with Crippen LogP contribution in [-0.2, 0) is 13.0 Å². The van der Waals surface area contributed by atoms with Gasteiger partial charge in [-0.2, -0.15) is 0 Å². The molecule has 0 aliphatic carbocycles. The van der Waals surface area contributed by atoms with E-state index < -0.39 is 0 Å². The van der Waals surface area contributed by atoms with Crippen molar-refractivity contribution in [2.45, 2.75) is 46.2 Å². The summed E-state index contributed by atoms with van der Waals surface area (Å²) in [7, 11) is 0. The second-order valence-electron chi connectivity index (χ2n) is 4.98. The second-order valence-corrected chi connectivity index (χ2v) is 4.98. The van der Waals surface area contributed by atoms with Crippen molar-refractivity contribution in [3.05, 3.63) is 35.4 Å². The van der Waals surface area contributed by atoms with Crippen molar-refractivity contribution in [2.75, 3.05) is 6.61 Å². The lowest BCUT2D eigenvalue weighted by Crippen LogP contribution is -2.36. The fourth-order valence-corrected chi connectivity index (χ4v) is 1.87. The fourth-order valence-electron chi connectivity index (χ4n) is 1.87. The van der Waals surface area contributed by atoms with E-state index in [4.69, 9.17) is 0 Å². The predicted molar refractivity (Wildman–Crippen MR) is 73.0 cm³/mol. The first kappa shape index (κ1) is 14.2. The number of nitrogens with one attached hydrogen (secondary N) is 1. The van der Waals surface area contributed by atoms with Crippen LogP contribution in [0.1, 0.15) is 38.3 Å². The van der Waals surface area contributed by atoms with Crippen LogP contribution in [-0.4, -0.2) is 17.8 Å². The fraction of sp³-hybridized carbons (Fsp3) is 0.600. The molecular weight excluding hydrogens is 210 g/mol. The number of hydrogen-bond acceptors (Lipinski definition) is 2. The van der Waals surface area contributed by atoms with Gasteiger partial charge in [-0.1, -0.05) is 51.5 Å². The van der Waals surface area contributed by atoms with Crippen LogP contribution in [0.5, 0.6) is 0 Å². The zero-order valence-corrected chi connectivity index (χ0v) is 11.2. The highest BCUT2D eigenvalue weighted by molar-refractivity contribution is 5.22. The molecule has 1 unspecified atom stereocenters. The van der Waals surface area contributed by atoms with E-state index in [0.717, 1.165) is 13.0 Å². The van der Waals surface area contributed by atoms with Gasteiger partial charge in [-0.3, -0.25) is 0 Å². The zero-order chi connectivity index (χ0) is 12.7. The van der Waals surface area contributed by atoms with Gasteiger partial charge in [0.25, 0.3) is 0 Å². The van der Waals surface area contributed by atoms with Crippen LogP contribution < -0.4 is 5.32 Å². The first-order valence-corrected chi connectivity index (χ1v) is 6.59. The minimum absolute atomic E-state index is 0.185. The topological polar surface area (TPSA) is 32.3 Å². The molecule has 2 nitrogen and oxygen atoms in total. The third-order valence-corrected chi connectivity index (χ3v) is 3.13. The van der Waals surface area contributed by atoms with Gasteiger partial charge in [-0.25, -0.2) is 0 Å². The van der Waals surface area contributed by atoms with E-state index in [-0.39, 0.29) is 12.6 Å². The molecule has 2 heteroatoms. The molecular formula is C15H25NO. The summed E-state index contributed by atoms with van der Waals surface area (Å²) in [4.78, 5) is 0. The van der Waals surface area contributed by atoms with E-state index in [1.54, 1.807) is 0 Å². The molecule has 0 bridgehead atoms. The molecule has 1 atom stereocenters. The number of aliphatic hydroxyl groups is 1. The molecule has 0 aliphatic heterocycles. The Morgan fingerprint density at radius 3 is 2.18 bits per heavy atom. The van der Waals surface area contributed by atoms with Crippen LogP contribution >= 0.6 is 0 Å². The molecule has 1 aromatic rings. The number of aryl methyl sites for hydroxylation is 1. The maximum absolute atomic E-state index is 9.23. The number of aliphatic hydroxyl groups excluding tert-OH is 1. The van der Waals surface area contributed by atoms with Crippen LogP contribution in [0.25, 0.3) is 0 Å². The van der Waals surface area contributed by atoms with Gasteiger partial charge in [0, 0.05) is 12.6 Å². The average molecular weight is 235 g/mol. The molecule has 0 radical (unpaired) electrons. The van der Waals surface area contributed by atoms with E-state index >= 15 is 0 Å². The molecule has 0 saturated heterocycles. The standard InChI is InChI=1S/C15H25NO/c1-4-5-13-6-8-14(9-7-13)10-16-15(11-17)12(2)3/h6-9,12,15-17H,4-5,10-11H2,1-3H3. The van der Waals surface area contributed by atoms with E-state index in [9.17, 15) is 5.11 Å². The summed E-state index contributed by atoms with van der Waals surface area (Å²) in [6.07, 6.45) is 2.34. The summed E-state index contributed by atoms with van der Waals surface area (Å²) in [5, 5.41) is 12.6. The molecule has 0 spiro atoms. The molecule has 0 heterocycles. The third kappa shape index (κ3) is 4.88. The largest absolute Gasteiger partial charge is 0.395 e. The Morgan fingerprint density at radius 2 is 1.71 bits per heavy atom. The summed E-state index contributed by atoms with van der Waals surface area (Å²) in [6.45, 7) is 7.47. The molecule has 2 N–H and O–H groups in total. The quantitative estimate of drug-likeness (QED) is 0.761. The zero-order valence-electron chi connectivity index (χ0n) is 11.2. The van der Waals surface area contributed by atoms with Crippen molar-refractivity contribution in [2.24, 2.45) is 5.92 Å². The lowest BCUT2D eigenvalue weighted by molar-refractivity contribution is 0.210. The van der Waals surface area contributed by atoms with Crippen LogP contribution in [0.4, 0.5) is 0 Å². The lowest BCUT2D eigenvalue weighted by atomic mass is 10.0. The van der Waals surface area contributed by atoms with Gasteiger partial charge in [0.1, 0.15) is 0 Å². The Kier molecular flexibility index (Phi) is 6.23. The molecule has 0 fully saturated rings.